The largest absolute Gasteiger partial charge is 0.487 e. The first-order valence-corrected chi connectivity index (χ1v) is 10.5. The number of amides is 2. The predicted octanol–water partition coefficient (Wildman–Crippen LogP) is 4.20. The van der Waals surface area contributed by atoms with Crippen molar-refractivity contribution in [3.05, 3.63) is 59.9 Å². The lowest BCUT2D eigenvalue weighted by molar-refractivity contribution is 0.0460. The number of benzene rings is 1. The minimum atomic E-state index is -0.176. The zero-order valence-corrected chi connectivity index (χ0v) is 16.9. The normalized spacial score (nSPS) is 14.8. The average molecular weight is 398 g/mol. The van der Waals surface area contributed by atoms with Gasteiger partial charge in [0.25, 0.3) is 0 Å². The number of pyridine rings is 1. The van der Waals surface area contributed by atoms with E-state index in [1.807, 2.05) is 42.5 Å². The topological polar surface area (TPSA) is 72.5 Å². The monoisotopic (exact) mass is 397 g/mol. The second-order valence-electron chi connectivity index (χ2n) is 7.35. The number of ether oxygens (including phenoxy) is 2. The van der Waals surface area contributed by atoms with Crippen LogP contribution in [-0.4, -0.2) is 30.3 Å². The summed E-state index contributed by atoms with van der Waals surface area (Å²) >= 11 is 0. The molecule has 0 saturated heterocycles. The summed E-state index contributed by atoms with van der Waals surface area (Å²) in [6, 6.07) is 13.3. The van der Waals surface area contributed by atoms with Crippen molar-refractivity contribution in [3.63, 3.8) is 0 Å². The van der Waals surface area contributed by atoms with E-state index < -0.39 is 0 Å². The van der Waals surface area contributed by atoms with Crippen molar-refractivity contribution in [3.8, 4) is 5.75 Å². The van der Waals surface area contributed by atoms with Crippen LogP contribution in [0.5, 0.6) is 5.75 Å². The van der Waals surface area contributed by atoms with Crippen molar-refractivity contribution < 1.29 is 14.3 Å². The van der Waals surface area contributed by atoms with Crippen LogP contribution in [0.25, 0.3) is 0 Å². The molecular formula is C23H31N3O3. The zero-order chi connectivity index (χ0) is 20.2. The van der Waals surface area contributed by atoms with Gasteiger partial charge in [0.15, 0.2) is 0 Å². The maximum absolute atomic E-state index is 11.9. The van der Waals surface area contributed by atoms with E-state index in [0.29, 0.717) is 32.4 Å². The molecule has 0 radical (unpaired) electrons. The molecule has 6 nitrogen and oxygen atoms in total. The van der Waals surface area contributed by atoms with E-state index in [-0.39, 0.29) is 6.03 Å². The van der Waals surface area contributed by atoms with E-state index in [1.54, 1.807) is 6.20 Å². The summed E-state index contributed by atoms with van der Waals surface area (Å²) in [7, 11) is 0. The number of rotatable bonds is 9. The first kappa shape index (κ1) is 21.1. The van der Waals surface area contributed by atoms with Gasteiger partial charge in [0, 0.05) is 19.3 Å². The highest BCUT2D eigenvalue weighted by Crippen LogP contribution is 2.19. The Morgan fingerprint density at radius 1 is 1.00 bits per heavy atom. The van der Waals surface area contributed by atoms with Crippen molar-refractivity contribution >= 4 is 6.03 Å². The summed E-state index contributed by atoms with van der Waals surface area (Å²) in [5.41, 5.74) is 1.90. The van der Waals surface area contributed by atoms with Crippen LogP contribution in [0.4, 0.5) is 4.79 Å². The van der Waals surface area contributed by atoms with Crippen molar-refractivity contribution in [2.24, 2.45) is 0 Å². The molecule has 2 aromatic rings. The smallest absolute Gasteiger partial charge is 0.315 e. The molecule has 29 heavy (non-hydrogen) atoms. The van der Waals surface area contributed by atoms with Crippen LogP contribution in [0.1, 0.15) is 49.8 Å². The fourth-order valence-corrected chi connectivity index (χ4v) is 3.39. The Balaban J connectivity index is 1.28. The van der Waals surface area contributed by atoms with Crippen molar-refractivity contribution in [2.45, 2.75) is 57.8 Å². The molecule has 1 heterocycles. The number of carbonyl (C=O) groups excluding carboxylic acids is 1. The van der Waals surface area contributed by atoms with E-state index in [4.69, 9.17) is 9.47 Å². The van der Waals surface area contributed by atoms with E-state index in [0.717, 1.165) is 29.8 Å². The van der Waals surface area contributed by atoms with Crippen LogP contribution in [0, 0.1) is 0 Å². The molecule has 1 aliphatic carbocycles. The Kier molecular flexibility index (Phi) is 8.79. The maximum Gasteiger partial charge on any atom is 0.315 e. The fraction of sp³-hybridized carbons (Fsp3) is 0.478. The van der Waals surface area contributed by atoms with Gasteiger partial charge in [0.1, 0.15) is 12.4 Å². The molecule has 156 valence electrons. The standard InChI is InChI=1S/C23H31N3O3/c27-23(25-15-16-28-21-8-3-1-2-4-9-21)26-17-19-10-12-22(13-11-19)29-18-20-7-5-6-14-24-20/h5-7,10-14,21H,1-4,8-9,15-18H2,(H2,25,26,27). The second-order valence-corrected chi connectivity index (χ2v) is 7.35. The van der Waals surface area contributed by atoms with Gasteiger partial charge in [0.05, 0.1) is 18.4 Å². The lowest BCUT2D eigenvalue weighted by Crippen LogP contribution is -2.37. The number of urea groups is 1. The molecular weight excluding hydrogens is 366 g/mol. The minimum absolute atomic E-state index is 0.176. The summed E-state index contributed by atoms with van der Waals surface area (Å²) in [6.45, 7) is 2.00. The molecule has 2 N–H and O–H groups in total. The Hall–Kier alpha value is -2.60. The van der Waals surface area contributed by atoms with Gasteiger partial charge in [-0.3, -0.25) is 4.98 Å². The highest BCUT2D eigenvalue weighted by atomic mass is 16.5. The Bertz CT molecular complexity index is 714. The van der Waals surface area contributed by atoms with Crippen molar-refractivity contribution in [2.75, 3.05) is 13.2 Å². The second kappa shape index (κ2) is 12.1. The number of hydrogen-bond donors (Lipinski definition) is 2. The number of aromatic nitrogens is 1. The third-order valence-electron chi connectivity index (χ3n) is 5.03. The highest BCUT2D eigenvalue weighted by Gasteiger charge is 2.12. The number of nitrogens with zero attached hydrogens (tertiary/aromatic N) is 1. The van der Waals surface area contributed by atoms with Crippen LogP contribution in [0.3, 0.4) is 0 Å². The molecule has 1 aromatic heterocycles. The average Bonchev–Trinajstić information content (AvgIpc) is 3.04. The van der Waals surface area contributed by atoms with Gasteiger partial charge in [-0.05, 0) is 42.7 Å². The van der Waals surface area contributed by atoms with Gasteiger partial charge < -0.3 is 20.1 Å². The van der Waals surface area contributed by atoms with Crippen LogP contribution in [-0.2, 0) is 17.9 Å². The molecule has 1 fully saturated rings. The molecule has 6 heteroatoms. The number of carbonyl (C=O) groups is 1. The predicted molar refractivity (Wildman–Crippen MR) is 113 cm³/mol. The molecule has 0 aliphatic heterocycles. The Labute approximate surface area is 173 Å². The summed E-state index contributed by atoms with van der Waals surface area (Å²) in [5, 5.41) is 5.72. The first-order chi connectivity index (χ1) is 14.3. The van der Waals surface area contributed by atoms with Gasteiger partial charge in [-0.2, -0.15) is 0 Å². The van der Waals surface area contributed by atoms with Gasteiger partial charge in [-0.25, -0.2) is 4.79 Å². The number of hydrogen-bond acceptors (Lipinski definition) is 4. The van der Waals surface area contributed by atoms with E-state index in [9.17, 15) is 4.79 Å². The third kappa shape index (κ3) is 8.11. The van der Waals surface area contributed by atoms with Gasteiger partial charge in [-0.15, -0.1) is 0 Å². The van der Waals surface area contributed by atoms with Crippen molar-refractivity contribution in [1.82, 2.24) is 15.6 Å². The quantitative estimate of drug-likeness (QED) is 0.491. The number of nitrogens with one attached hydrogen (secondary N) is 2. The zero-order valence-electron chi connectivity index (χ0n) is 16.9. The lowest BCUT2D eigenvalue weighted by Gasteiger charge is -2.15. The van der Waals surface area contributed by atoms with Crippen molar-refractivity contribution in [1.29, 1.82) is 0 Å². The minimum Gasteiger partial charge on any atom is -0.487 e. The molecule has 2 amide bonds. The molecule has 1 aromatic carbocycles. The summed E-state index contributed by atoms with van der Waals surface area (Å²) in [4.78, 5) is 16.2. The Morgan fingerprint density at radius 2 is 1.79 bits per heavy atom. The van der Waals surface area contributed by atoms with Gasteiger partial charge in [-0.1, -0.05) is 43.9 Å². The van der Waals surface area contributed by atoms with Gasteiger partial charge in [0.2, 0.25) is 0 Å². The fourth-order valence-electron chi connectivity index (χ4n) is 3.39. The van der Waals surface area contributed by atoms with Crippen LogP contribution >= 0.6 is 0 Å². The highest BCUT2D eigenvalue weighted by molar-refractivity contribution is 5.73. The van der Waals surface area contributed by atoms with E-state index >= 15 is 0 Å². The Morgan fingerprint density at radius 3 is 2.52 bits per heavy atom. The molecule has 0 atom stereocenters. The van der Waals surface area contributed by atoms with Gasteiger partial charge >= 0.3 is 6.03 Å². The third-order valence-corrected chi connectivity index (χ3v) is 5.03. The van der Waals surface area contributed by atoms with Crippen LogP contribution in [0.15, 0.2) is 48.7 Å². The lowest BCUT2D eigenvalue weighted by atomic mass is 10.1. The molecule has 0 unspecified atom stereocenters. The SMILES string of the molecule is O=C(NCCOC1CCCCCC1)NCc1ccc(OCc2ccccn2)cc1. The summed E-state index contributed by atoms with van der Waals surface area (Å²) in [6.07, 6.45) is 9.55. The molecule has 3 rings (SSSR count). The van der Waals surface area contributed by atoms with Crippen LogP contribution in [0.2, 0.25) is 0 Å². The first-order valence-electron chi connectivity index (χ1n) is 10.5. The summed E-state index contributed by atoms with van der Waals surface area (Å²) < 4.78 is 11.6. The molecule has 1 aliphatic rings. The summed E-state index contributed by atoms with van der Waals surface area (Å²) in [5.74, 6) is 0.777. The molecule has 0 bridgehead atoms. The van der Waals surface area contributed by atoms with E-state index in [2.05, 4.69) is 15.6 Å². The molecule has 0 spiro atoms. The van der Waals surface area contributed by atoms with Crippen LogP contribution < -0.4 is 15.4 Å². The maximum atomic E-state index is 11.9. The molecule has 1 saturated carbocycles. The van der Waals surface area contributed by atoms with E-state index in [1.165, 1.54) is 25.7 Å².